The van der Waals surface area contributed by atoms with E-state index in [2.05, 4.69) is 0 Å². The van der Waals surface area contributed by atoms with Gasteiger partial charge in [-0.25, -0.2) is 4.79 Å². The molecule has 1 aliphatic rings. The van der Waals surface area contributed by atoms with E-state index in [1.807, 2.05) is 18.2 Å². The summed E-state index contributed by atoms with van der Waals surface area (Å²) in [5.74, 6) is -1.22. The predicted molar refractivity (Wildman–Crippen MR) is 81.8 cm³/mol. The van der Waals surface area contributed by atoms with Gasteiger partial charge in [0.2, 0.25) is 0 Å². The molecular weight excluding hydrogens is 282 g/mol. The maximum Gasteiger partial charge on any atom is 0.329 e. The molecule has 0 spiro atoms. The molecule has 0 bridgehead atoms. The first-order valence-corrected chi connectivity index (χ1v) is 7.54. The fourth-order valence-electron chi connectivity index (χ4n) is 3.35. The van der Waals surface area contributed by atoms with E-state index in [1.165, 1.54) is 11.2 Å². The summed E-state index contributed by atoms with van der Waals surface area (Å²) in [5, 5.41) is 10.4. The fourth-order valence-corrected chi connectivity index (χ4v) is 3.35. The number of fused-ring (bicyclic) bond motifs is 1. The first-order chi connectivity index (χ1) is 10.6. The highest BCUT2D eigenvalue weighted by Crippen LogP contribution is 2.35. The summed E-state index contributed by atoms with van der Waals surface area (Å²) in [6.45, 7) is 0. The Kier molecular flexibility index (Phi) is 3.64. The molecule has 1 heterocycles. The molecule has 0 aliphatic heterocycles. The maximum absolute atomic E-state index is 12.8. The maximum atomic E-state index is 12.8. The highest BCUT2D eigenvalue weighted by Gasteiger charge is 2.46. The van der Waals surface area contributed by atoms with Crippen LogP contribution in [0.2, 0.25) is 0 Å². The van der Waals surface area contributed by atoms with Crippen LogP contribution in [0.15, 0.2) is 34.9 Å². The number of carbonyl (C=O) groups excluding carboxylic acids is 1. The van der Waals surface area contributed by atoms with Crippen molar-refractivity contribution >= 4 is 22.8 Å². The summed E-state index contributed by atoms with van der Waals surface area (Å²) >= 11 is 0. The van der Waals surface area contributed by atoms with Gasteiger partial charge in [0.1, 0.15) is 17.4 Å². The third kappa shape index (κ3) is 2.17. The Labute approximate surface area is 128 Å². The number of carboxylic acids is 1. The van der Waals surface area contributed by atoms with Gasteiger partial charge in [-0.1, -0.05) is 37.5 Å². The van der Waals surface area contributed by atoms with E-state index < -0.39 is 11.5 Å². The van der Waals surface area contributed by atoms with Gasteiger partial charge in [0.25, 0.3) is 5.91 Å². The van der Waals surface area contributed by atoms with Crippen LogP contribution in [-0.2, 0) is 4.79 Å². The molecule has 0 radical (unpaired) electrons. The lowest BCUT2D eigenvalue weighted by molar-refractivity contribution is -0.151. The van der Waals surface area contributed by atoms with E-state index in [4.69, 9.17) is 4.42 Å². The summed E-state index contributed by atoms with van der Waals surface area (Å²) in [7, 11) is 1.59. The lowest BCUT2D eigenvalue weighted by atomic mass is 9.80. The largest absolute Gasteiger partial charge is 0.479 e. The van der Waals surface area contributed by atoms with E-state index in [1.54, 1.807) is 13.1 Å². The van der Waals surface area contributed by atoms with Crippen molar-refractivity contribution in [2.45, 2.75) is 37.6 Å². The summed E-state index contributed by atoms with van der Waals surface area (Å²) in [5.41, 5.74) is -0.0511. The molecule has 3 rings (SSSR count). The standard InChI is InChI=1S/C17H19NO4/c1-18(17(16(20)21)9-5-2-6-10-17)15(19)13-11-22-14-8-4-3-7-12(13)14/h3-4,7-8,11H,2,5-6,9-10H2,1H3,(H,20,21). The van der Waals surface area contributed by atoms with Crippen molar-refractivity contribution in [3.05, 3.63) is 36.1 Å². The Morgan fingerprint density at radius 3 is 2.55 bits per heavy atom. The Balaban J connectivity index is 1.98. The molecule has 1 N–H and O–H groups in total. The fraction of sp³-hybridized carbons (Fsp3) is 0.412. The average Bonchev–Trinajstić information content (AvgIpc) is 2.98. The third-order valence-electron chi connectivity index (χ3n) is 4.74. The summed E-state index contributed by atoms with van der Waals surface area (Å²) < 4.78 is 5.41. The molecule has 116 valence electrons. The molecule has 1 amide bonds. The third-order valence-corrected chi connectivity index (χ3v) is 4.74. The Hall–Kier alpha value is -2.30. The minimum Gasteiger partial charge on any atom is -0.479 e. The molecule has 22 heavy (non-hydrogen) atoms. The number of aliphatic carboxylic acids is 1. The van der Waals surface area contributed by atoms with Gasteiger partial charge in [0.15, 0.2) is 0 Å². The second-order valence-corrected chi connectivity index (χ2v) is 5.91. The van der Waals surface area contributed by atoms with Crippen LogP contribution >= 0.6 is 0 Å². The SMILES string of the molecule is CN(C(=O)c1coc2ccccc12)C1(C(=O)O)CCCCC1. The Morgan fingerprint density at radius 1 is 1.18 bits per heavy atom. The van der Waals surface area contributed by atoms with Crippen molar-refractivity contribution in [3.8, 4) is 0 Å². The predicted octanol–water partition coefficient (Wildman–Crippen LogP) is 3.29. The van der Waals surface area contributed by atoms with Crippen LogP contribution in [0.4, 0.5) is 0 Å². The molecule has 1 aliphatic carbocycles. The number of hydrogen-bond acceptors (Lipinski definition) is 3. The van der Waals surface area contributed by atoms with E-state index >= 15 is 0 Å². The van der Waals surface area contributed by atoms with Gasteiger partial charge in [-0.2, -0.15) is 0 Å². The second-order valence-electron chi connectivity index (χ2n) is 5.91. The van der Waals surface area contributed by atoms with E-state index in [-0.39, 0.29) is 5.91 Å². The Bertz CT molecular complexity index is 712. The quantitative estimate of drug-likeness (QED) is 0.944. The van der Waals surface area contributed by atoms with Gasteiger partial charge >= 0.3 is 5.97 Å². The summed E-state index contributed by atoms with van der Waals surface area (Å²) in [6, 6.07) is 7.28. The van der Waals surface area contributed by atoms with Crippen molar-refractivity contribution in [2.75, 3.05) is 7.05 Å². The number of hydrogen-bond donors (Lipinski definition) is 1. The number of nitrogens with zero attached hydrogens (tertiary/aromatic N) is 1. The van der Waals surface area contributed by atoms with Crippen LogP contribution < -0.4 is 0 Å². The number of para-hydroxylation sites is 1. The molecule has 1 aromatic heterocycles. The zero-order valence-corrected chi connectivity index (χ0v) is 12.5. The Morgan fingerprint density at radius 2 is 1.86 bits per heavy atom. The normalized spacial score (nSPS) is 17.3. The first-order valence-electron chi connectivity index (χ1n) is 7.54. The lowest BCUT2D eigenvalue weighted by Crippen LogP contribution is -2.56. The molecule has 0 unspecified atom stereocenters. The molecule has 0 atom stereocenters. The molecular formula is C17H19NO4. The summed E-state index contributed by atoms with van der Waals surface area (Å²) in [4.78, 5) is 26.1. The molecule has 0 saturated heterocycles. The number of carbonyl (C=O) groups is 2. The second kappa shape index (κ2) is 5.48. The average molecular weight is 301 g/mol. The van der Waals surface area contributed by atoms with Crippen LogP contribution in [0.3, 0.4) is 0 Å². The molecule has 5 heteroatoms. The van der Waals surface area contributed by atoms with Crippen LogP contribution in [-0.4, -0.2) is 34.5 Å². The number of furan rings is 1. The molecule has 1 aromatic carbocycles. The first kappa shape index (κ1) is 14.6. The van der Waals surface area contributed by atoms with Gasteiger partial charge < -0.3 is 14.4 Å². The van der Waals surface area contributed by atoms with Gasteiger partial charge in [0, 0.05) is 12.4 Å². The number of rotatable bonds is 3. The molecule has 2 aromatic rings. The van der Waals surface area contributed by atoms with Gasteiger partial charge in [-0.15, -0.1) is 0 Å². The molecule has 1 fully saturated rings. The van der Waals surface area contributed by atoms with Crippen molar-refractivity contribution in [1.82, 2.24) is 4.90 Å². The molecule has 1 saturated carbocycles. The minimum absolute atomic E-state index is 0.297. The zero-order valence-electron chi connectivity index (χ0n) is 12.5. The van der Waals surface area contributed by atoms with Crippen molar-refractivity contribution in [1.29, 1.82) is 0 Å². The smallest absolute Gasteiger partial charge is 0.329 e. The monoisotopic (exact) mass is 301 g/mol. The highest BCUT2D eigenvalue weighted by molar-refractivity contribution is 6.07. The zero-order chi connectivity index (χ0) is 15.7. The van der Waals surface area contributed by atoms with E-state index in [0.29, 0.717) is 24.0 Å². The topological polar surface area (TPSA) is 70.8 Å². The van der Waals surface area contributed by atoms with Crippen LogP contribution in [0.1, 0.15) is 42.5 Å². The number of likely N-dealkylation sites (N-methyl/N-ethyl adjacent to an activating group) is 1. The number of benzene rings is 1. The summed E-state index contributed by atoms with van der Waals surface area (Å²) in [6.07, 6.45) is 5.10. The van der Waals surface area contributed by atoms with Gasteiger partial charge in [-0.05, 0) is 18.9 Å². The van der Waals surface area contributed by atoms with Crippen LogP contribution in [0.5, 0.6) is 0 Å². The van der Waals surface area contributed by atoms with Crippen LogP contribution in [0, 0.1) is 0 Å². The number of carboxylic acid groups (broad SMARTS) is 1. The molecule has 5 nitrogen and oxygen atoms in total. The number of amides is 1. The van der Waals surface area contributed by atoms with Crippen LogP contribution in [0.25, 0.3) is 11.0 Å². The van der Waals surface area contributed by atoms with Gasteiger partial charge in [-0.3, -0.25) is 4.79 Å². The van der Waals surface area contributed by atoms with E-state index in [9.17, 15) is 14.7 Å². The lowest BCUT2D eigenvalue weighted by Gasteiger charge is -2.40. The van der Waals surface area contributed by atoms with Crippen molar-refractivity contribution in [3.63, 3.8) is 0 Å². The van der Waals surface area contributed by atoms with E-state index in [0.717, 1.165) is 24.6 Å². The van der Waals surface area contributed by atoms with Gasteiger partial charge in [0.05, 0.1) is 5.56 Å². The minimum atomic E-state index is -1.10. The van der Waals surface area contributed by atoms with Crippen molar-refractivity contribution < 1.29 is 19.1 Å². The highest BCUT2D eigenvalue weighted by atomic mass is 16.4. The van der Waals surface area contributed by atoms with Crippen molar-refractivity contribution in [2.24, 2.45) is 0 Å².